The number of carbonyl (C=O) groups is 1. The highest BCUT2D eigenvalue weighted by Crippen LogP contribution is 2.38. The van der Waals surface area contributed by atoms with Crippen molar-refractivity contribution in [1.82, 2.24) is 4.90 Å². The molecule has 0 fully saturated rings. The maximum absolute atomic E-state index is 12.1. The molecule has 2 aromatic carbocycles. The van der Waals surface area contributed by atoms with Crippen LogP contribution in [0.2, 0.25) is 0 Å². The number of nitrogens with zero attached hydrogens (tertiary/aromatic N) is 2. The lowest BCUT2D eigenvalue weighted by Crippen LogP contribution is -2.31. The van der Waals surface area contributed by atoms with Gasteiger partial charge in [-0.2, -0.15) is 0 Å². The Labute approximate surface area is 154 Å². The Kier molecular flexibility index (Phi) is 5.26. The zero-order valence-corrected chi connectivity index (χ0v) is 15.7. The molecule has 0 aliphatic carbocycles. The zero-order valence-electron chi connectivity index (χ0n) is 15.7. The van der Waals surface area contributed by atoms with E-state index in [2.05, 4.69) is 24.1 Å². The minimum absolute atomic E-state index is 0.0101. The van der Waals surface area contributed by atoms with Gasteiger partial charge in [-0.3, -0.25) is 4.79 Å². The van der Waals surface area contributed by atoms with Crippen LogP contribution in [0, 0.1) is 5.92 Å². The number of nitrogens with one attached hydrogen (secondary N) is 1. The topological polar surface area (TPSA) is 53.9 Å². The van der Waals surface area contributed by atoms with E-state index in [4.69, 9.17) is 9.73 Å². The van der Waals surface area contributed by atoms with E-state index < -0.39 is 0 Å². The quantitative estimate of drug-likeness (QED) is 0.860. The summed E-state index contributed by atoms with van der Waals surface area (Å²) in [5, 5.41) is 2.96. The Morgan fingerprint density at radius 2 is 1.85 bits per heavy atom. The van der Waals surface area contributed by atoms with Gasteiger partial charge in [-0.15, -0.1) is 0 Å². The molecule has 1 N–H and O–H groups in total. The second kappa shape index (κ2) is 7.60. The third-order valence-corrected chi connectivity index (χ3v) is 4.39. The van der Waals surface area contributed by atoms with E-state index >= 15 is 0 Å². The molecular formula is C21H25N3O2. The van der Waals surface area contributed by atoms with Crippen LogP contribution >= 0.6 is 0 Å². The summed E-state index contributed by atoms with van der Waals surface area (Å²) < 4.78 is 6.13. The standard InChI is InChI=1S/C21H25N3O2/c1-5-24(6-2)20-16-13-15(22-21(25)14(3)4)11-12-18(16)26-19-10-8-7-9-17(19)23-20/h7-14H,5-6H2,1-4H3,(H,22,25). The number of hydrogen-bond donors (Lipinski definition) is 1. The molecule has 1 heterocycles. The lowest BCUT2D eigenvalue weighted by molar-refractivity contribution is -0.118. The number of para-hydroxylation sites is 2. The molecule has 136 valence electrons. The van der Waals surface area contributed by atoms with Gasteiger partial charge in [0.25, 0.3) is 0 Å². The number of anilines is 1. The minimum atomic E-state index is -0.0785. The number of hydrogen-bond acceptors (Lipinski definition) is 4. The Morgan fingerprint density at radius 3 is 2.54 bits per heavy atom. The molecule has 0 saturated carbocycles. The molecule has 0 unspecified atom stereocenters. The van der Waals surface area contributed by atoms with Crippen LogP contribution in [0.15, 0.2) is 47.5 Å². The summed E-state index contributed by atoms with van der Waals surface area (Å²) in [6.45, 7) is 9.63. The van der Waals surface area contributed by atoms with Crippen LogP contribution in [0.3, 0.4) is 0 Å². The van der Waals surface area contributed by atoms with Crippen molar-refractivity contribution in [1.29, 1.82) is 0 Å². The van der Waals surface area contributed by atoms with Crippen LogP contribution in [0.4, 0.5) is 11.4 Å². The number of ether oxygens (including phenoxy) is 1. The number of rotatable bonds is 4. The predicted octanol–water partition coefficient (Wildman–Crippen LogP) is 4.81. The number of benzene rings is 2. The van der Waals surface area contributed by atoms with Crippen LogP contribution < -0.4 is 10.1 Å². The van der Waals surface area contributed by atoms with Gasteiger partial charge in [0.05, 0.1) is 5.56 Å². The van der Waals surface area contributed by atoms with Crippen molar-refractivity contribution in [2.75, 3.05) is 18.4 Å². The fraction of sp³-hybridized carbons (Fsp3) is 0.333. The Hall–Kier alpha value is -2.82. The first-order chi connectivity index (χ1) is 12.5. The normalized spacial score (nSPS) is 12.4. The molecule has 0 bridgehead atoms. The number of amidine groups is 1. The van der Waals surface area contributed by atoms with Crippen molar-refractivity contribution in [3.8, 4) is 11.5 Å². The molecule has 1 amide bonds. The van der Waals surface area contributed by atoms with Gasteiger partial charge in [-0.25, -0.2) is 4.99 Å². The zero-order chi connectivity index (χ0) is 18.7. The highest BCUT2D eigenvalue weighted by Gasteiger charge is 2.22. The van der Waals surface area contributed by atoms with Gasteiger partial charge in [-0.1, -0.05) is 26.0 Å². The number of amides is 1. The molecule has 0 spiro atoms. The maximum Gasteiger partial charge on any atom is 0.226 e. The van der Waals surface area contributed by atoms with E-state index in [0.29, 0.717) is 0 Å². The summed E-state index contributed by atoms with van der Waals surface area (Å²) in [6, 6.07) is 13.5. The molecule has 0 aromatic heterocycles. The van der Waals surface area contributed by atoms with E-state index in [0.717, 1.165) is 47.4 Å². The van der Waals surface area contributed by atoms with E-state index in [1.165, 1.54) is 0 Å². The van der Waals surface area contributed by atoms with Crippen LogP contribution in [0.25, 0.3) is 0 Å². The molecule has 0 atom stereocenters. The molecule has 0 radical (unpaired) electrons. The molecule has 1 aliphatic heterocycles. The highest BCUT2D eigenvalue weighted by atomic mass is 16.5. The Bertz CT molecular complexity index is 839. The van der Waals surface area contributed by atoms with Gasteiger partial charge >= 0.3 is 0 Å². The monoisotopic (exact) mass is 351 g/mol. The van der Waals surface area contributed by atoms with E-state index in [1.807, 2.05) is 56.3 Å². The molecule has 26 heavy (non-hydrogen) atoms. The van der Waals surface area contributed by atoms with Crippen molar-refractivity contribution in [3.05, 3.63) is 48.0 Å². The van der Waals surface area contributed by atoms with Crippen molar-refractivity contribution in [3.63, 3.8) is 0 Å². The van der Waals surface area contributed by atoms with Crippen LogP contribution in [-0.2, 0) is 4.79 Å². The van der Waals surface area contributed by atoms with Gasteiger partial charge in [0.1, 0.15) is 17.3 Å². The lowest BCUT2D eigenvalue weighted by Gasteiger charge is -2.23. The smallest absolute Gasteiger partial charge is 0.226 e. The summed E-state index contributed by atoms with van der Waals surface area (Å²) in [4.78, 5) is 19.1. The Morgan fingerprint density at radius 1 is 1.12 bits per heavy atom. The number of fused-ring (bicyclic) bond motifs is 2. The fourth-order valence-corrected chi connectivity index (χ4v) is 2.85. The van der Waals surface area contributed by atoms with Crippen molar-refractivity contribution in [2.24, 2.45) is 10.9 Å². The fourth-order valence-electron chi connectivity index (χ4n) is 2.85. The van der Waals surface area contributed by atoms with Crippen molar-refractivity contribution >= 4 is 23.1 Å². The number of carbonyl (C=O) groups excluding carboxylic acids is 1. The summed E-state index contributed by atoms with van der Waals surface area (Å²) in [5.41, 5.74) is 2.43. The molecular weight excluding hydrogens is 326 g/mol. The SMILES string of the molecule is CCN(CC)C1=Nc2ccccc2Oc2ccc(NC(=O)C(C)C)cc21. The van der Waals surface area contributed by atoms with Gasteiger partial charge in [-0.05, 0) is 44.2 Å². The van der Waals surface area contributed by atoms with Crippen LogP contribution in [0.5, 0.6) is 11.5 Å². The average molecular weight is 351 g/mol. The first-order valence-corrected chi connectivity index (χ1v) is 9.09. The summed E-state index contributed by atoms with van der Waals surface area (Å²) in [6.07, 6.45) is 0. The summed E-state index contributed by atoms with van der Waals surface area (Å²) in [7, 11) is 0. The third-order valence-electron chi connectivity index (χ3n) is 4.39. The first-order valence-electron chi connectivity index (χ1n) is 9.09. The van der Waals surface area contributed by atoms with Crippen molar-refractivity contribution < 1.29 is 9.53 Å². The third kappa shape index (κ3) is 3.57. The largest absolute Gasteiger partial charge is 0.454 e. The second-order valence-electron chi connectivity index (χ2n) is 6.53. The molecule has 3 rings (SSSR count). The summed E-state index contributed by atoms with van der Waals surface area (Å²) in [5.74, 6) is 2.24. The van der Waals surface area contributed by atoms with Gasteiger partial charge in [0.15, 0.2) is 5.75 Å². The van der Waals surface area contributed by atoms with E-state index in [-0.39, 0.29) is 11.8 Å². The van der Waals surface area contributed by atoms with Gasteiger partial charge in [0.2, 0.25) is 5.91 Å². The molecule has 0 saturated heterocycles. The molecule has 5 nitrogen and oxygen atoms in total. The van der Waals surface area contributed by atoms with Crippen LogP contribution in [-0.4, -0.2) is 29.7 Å². The molecule has 5 heteroatoms. The molecule has 2 aromatic rings. The van der Waals surface area contributed by atoms with E-state index in [1.54, 1.807) is 0 Å². The average Bonchev–Trinajstić information content (AvgIpc) is 2.79. The maximum atomic E-state index is 12.1. The van der Waals surface area contributed by atoms with Gasteiger partial charge < -0.3 is 15.0 Å². The second-order valence-corrected chi connectivity index (χ2v) is 6.53. The van der Waals surface area contributed by atoms with Crippen molar-refractivity contribution in [2.45, 2.75) is 27.7 Å². The summed E-state index contributed by atoms with van der Waals surface area (Å²) >= 11 is 0. The predicted molar refractivity (Wildman–Crippen MR) is 106 cm³/mol. The minimum Gasteiger partial charge on any atom is -0.454 e. The lowest BCUT2D eigenvalue weighted by atomic mass is 10.1. The van der Waals surface area contributed by atoms with Gasteiger partial charge in [0, 0.05) is 24.7 Å². The Balaban J connectivity index is 2.10. The molecule has 1 aliphatic rings. The van der Waals surface area contributed by atoms with E-state index in [9.17, 15) is 4.79 Å². The highest BCUT2D eigenvalue weighted by molar-refractivity contribution is 6.05. The van der Waals surface area contributed by atoms with Crippen LogP contribution in [0.1, 0.15) is 33.3 Å². The first kappa shape index (κ1) is 18.0. The number of aliphatic imine (C=N–C) groups is 1.